The maximum atomic E-state index is 13.7. The standard InChI is InChI=1S/C23H27NO5S2/c1-5-13-30(26,27)22-19-9-7-8-12-24(19)20(23(22)31(28,29)14-6-2)21(25)18-11-10-16(3)15-17(18)4/h7-12,15H,5-6,13-14H2,1-4H3. The second-order valence-corrected chi connectivity index (χ2v) is 11.8. The Kier molecular flexibility index (Phi) is 6.43. The number of rotatable bonds is 8. The molecule has 0 amide bonds. The summed E-state index contributed by atoms with van der Waals surface area (Å²) < 4.78 is 54.5. The number of aryl methyl sites for hydroxylation is 2. The van der Waals surface area contributed by atoms with Crippen molar-refractivity contribution in [1.29, 1.82) is 0 Å². The molecule has 2 heterocycles. The van der Waals surface area contributed by atoms with Crippen molar-refractivity contribution >= 4 is 31.0 Å². The first-order valence-corrected chi connectivity index (χ1v) is 13.6. The summed E-state index contributed by atoms with van der Waals surface area (Å²) in [5.41, 5.74) is 2.11. The maximum absolute atomic E-state index is 13.7. The third-order valence-electron chi connectivity index (χ3n) is 5.16. The van der Waals surface area contributed by atoms with Gasteiger partial charge in [0.15, 0.2) is 19.7 Å². The van der Waals surface area contributed by atoms with Crippen LogP contribution >= 0.6 is 0 Å². The van der Waals surface area contributed by atoms with Crippen LogP contribution in [0.25, 0.3) is 5.52 Å². The summed E-state index contributed by atoms with van der Waals surface area (Å²) in [5.74, 6) is -0.953. The topological polar surface area (TPSA) is 89.8 Å². The van der Waals surface area contributed by atoms with Crippen molar-refractivity contribution in [3.8, 4) is 0 Å². The van der Waals surface area contributed by atoms with Crippen LogP contribution in [-0.4, -0.2) is 38.5 Å². The number of aromatic nitrogens is 1. The lowest BCUT2D eigenvalue weighted by Gasteiger charge is -2.11. The highest BCUT2D eigenvalue weighted by Gasteiger charge is 2.37. The average Bonchev–Trinajstić information content (AvgIpc) is 3.04. The van der Waals surface area contributed by atoms with E-state index in [1.807, 2.05) is 13.0 Å². The van der Waals surface area contributed by atoms with Gasteiger partial charge in [-0.2, -0.15) is 0 Å². The molecule has 0 atom stereocenters. The van der Waals surface area contributed by atoms with Gasteiger partial charge in [-0.25, -0.2) is 16.8 Å². The van der Waals surface area contributed by atoms with Crippen molar-refractivity contribution in [2.45, 2.75) is 50.3 Å². The van der Waals surface area contributed by atoms with E-state index in [0.717, 1.165) is 5.56 Å². The summed E-state index contributed by atoms with van der Waals surface area (Å²) in [7, 11) is -7.96. The van der Waals surface area contributed by atoms with Crippen molar-refractivity contribution < 1.29 is 21.6 Å². The van der Waals surface area contributed by atoms with Gasteiger partial charge in [0, 0.05) is 11.8 Å². The second-order valence-electron chi connectivity index (χ2n) is 7.75. The number of carbonyl (C=O) groups is 1. The van der Waals surface area contributed by atoms with Crippen LogP contribution in [-0.2, 0) is 19.7 Å². The van der Waals surface area contributed by atoms with E-state index in [4.69, 9.17) is 0 Å². The zero-order valence-electron chi connectivity index (χ0n) is 18.2. The van der Waals surface area contributed by atoms with Crippen LogP contribution in [0.3, 0.4) is 0 Å². The lowest BCUT2D eigenvalue weighted by molar-refractivity contribution is 0.102. The van der Waals surface area contributed by atoms with E-state index in [0.29, 0.717) is 24.0 Å². The number of benzene rings is 1. The van der Waals surface area contributed by atoms with Gasteiger partial charge in [0.25, 0.3) is 0 Å². The van der Waals surface area contributed by atoms with Gasteiger partial charge in [0.05, 0.1) is 17.0 Å². The highest BCUT2D eigenvalue weighted by atomic mass is 32.2. The molecule has 166 valence electrons. The zero-order valence-corrected chi connectivity index (χ0v) is 19.8. The molecule has 0 bridgehead atoms. The largest absolute Gasteiger partial charge is 0.311 e. The molecule has 0 aliphatic heterocycles. The fourth-order valence-electron chi connectivity index (χ4n) is 3.90. The number of nitrogens with zero attached hydrogens (tertiary/aromatic N) is 1. The van der Waals surface area contributed by atoms with Crippen molar-refractivity contribution in [2.24, 2.45) is 0 Å². The number of carbonyl (C=O) groups excluding carboxylic acids is 1. The van der Waals surface area contributed by atoms with Gasteiger partial charge >= 0.3 is 0 Å². The molecule has 0 saturated heterocycles. The average molecular weight is 462 g/mol. The minimum atomic E-state index is -4.03. The van der Waals surface area contributed by atoms with Gasteiger partial charge in [0.2, 0.25) is 5.78 Å². The van der Waals surface area contributed by atoms with E-state index in [-0.39, 0.29) is 32.5 Å². The Balaban J connectivity index is 2.50. The summed E-state index contributed by atoms with van der Waals surface area (Å²) in [6, 6.07) is 10.1. The molecule has 3 rings (SSSR count). The van der Waals surface area contributed by atoms with E-state index in [1.165, 1.54) is 4.40 Å². The molecular weight excluding hydrogens is 434 g/mol. The molecule has 2 aromatic heterocycles. The first-order valence-electron chi connectivity index (χ1n) is 10.3. The third kappa shape index (κ3) is 4.19. The summed E-state index contributed by atoms with van der Waals surface area (Å²) in [5, 5.41) is 0. The van der Waals surface area contributed by atoms with E-state index in [1.54, 1.807) is 57.3 Å². The molecule has 8 heteroatoms. The highest BCUT2D eigenvalue weighted by molar-refractivity contribution is 7.94. The summed E-state index contributed by atoms with van der Waals surface area (Å²) in [6.45, 7) is 7.11. The molecule has 0 aliphatic carbocycles. The number of hydrogen-bond acceptors (Lipinski definition) is 5. The Morgan fingerprint density at radius 3 is 2.06 bits per heavy atom. The van der Waals surface area contributed by atoms with Crippen molar-refractivity contribution in [1.82, 2.24) is 4.40 Å². The Morgan fingerprint density at radius 1 is 0.871 bits per heavy atom. The quantitative estimate of drug-likeness (QED) is 0.470. The summed E-state index contributed by atoms with van der Waals surface area (Å²) >= 11 is 0. The predicted molar refractivity (Wildman–Crippen MR) is 121 cm³/mol. The zero-order chi connectivity index (χ0) is 23.0. The third-order valence-corrected chi connectivity index (χ3v) is 9.24. The fourth-order valence-corrected chi connectivity index (χ4v) is 7.88. The minimum Gasteiger partial charge on any atom is -0.311 e. The second kappa shape index (κ2) is 8.59. The lowest BCUT2D eigenvalue weighted by Crippen LogP contribution is -2.17. The van der Waals surface area contributed by atoms with Crippen molar-refractivity contribution in [2.75, 3.05) is 11.5 Å². The van der Waals surface area contributed by atoms with Gasteiger partial charge < -0.3 is 4.40 Å². The molecule has 0 aliphatic rings. The van der Waals surface area contributed by atoms with Gasteiger partial charge in [-0.3, -0.25) is 4.79 Å². The highest BCUT2D eigenvalue weighted by Crippen LogP contribution is 2.35. The van der Waals surface area contributed by atoms with Crippen LogP contribution in [0.4, 0.5) is 0 Å². The molecular formula is C23H27NO5S2. The van der Waals surface area contributed by atoms with Gasteiger partial charge in [-0.15, -0.1) is 0 Å². The molecule has 0 radical (unpaired) electrons. The van der Waals surface area contributed by atoms with Crippen molar-refractivity contribution in [3.63, 3.8) is 0 Å². The molecule has 3 aromatic rings. The van der Waals surface area contributed by atoms with Crippen LogP contribution in [0.1, 0.15) is 53.9 Å². The van der Waals surface area contributed by atoms with Crippen LogP contribution in [0.5, 0.6) is 0 Å². The van der Waals surface area contributed by atoms with Crippen LogP contribution in [0.2, 0.25) is 0 Å². The van der Waals surface area contributed by atoms with Crippen LogP contribution in [0, 0.1) is 13.8 Å². The smallest absolute Gasteiger partial charge is 0.211 e. The minimum absolute atomic E-state index is 0.120. The van der Waals surface area contributed by atoms with E-state index < -0.39 is 25.5 Å². The predicted octanol–water partition coefficient (Wildman–Crippen LogP) is 4.15. The Bertz CT molecular complexity index is 1370. The molecule has 0 unspecified atom stereocenters. The first kappa shape index (κ1) is 23.2. The Morgan fingerprint density at radius 2 is 1.48 bits per heavy atom. The van der Waals surface area contributed by atoms with Crippen molar-refractivity contribution in [3.05, 3.63) is 65.0 Å². The summed E-state index contributed by atoms with van der Waals surface area (Å²) in [4.78, 5) is 13.0. The van der Waals surface area contributed by atoms with E-state index >= 15 is 0 Å². The SMILES string of the molecule is CCCS(=O)(=O)c1c(S(=O)(=O)CCC)c2ccccn2c1C(=O)c1ccc(C)cc1C. The number of pyridine rings is 1. The van der Waals surface area contributed by atoms with E-state index in [2.05, 4.69) is 0 Å². The monoisotopic (exact) mass is 461 g/mol. The lowest BCUT2D eigenvalue weighted by atomic mass is 10.0. The first-order chi connectivity index (χ1) is 14.5. The molecule has 1 aromatic carbocycles. The molecule has 0 saturated carbocycles. The maximum Gasteiger partial charge on any atom is 0.211 e. The number of hydrogen-bond donors (Lipinski definition) is 0. The Labute approximate surface area is 183 Å². The van der Waals surface area contributed by atoms with Crippen LogP contribution < -0.4 is 0 Å². The van der Waals surface area contributed by atoms with Gasteiger partial charge in [0.1, 0.15) is 15.5 Å². The van der Waals surface area contributed by atoms with Crippen LogP contribution in [0.15, 0.2) is 52.4 Å². The number of ketones is 1. The molecule has 0 N–H and O–H groups in total. The number of sulfone groups is 2. The molecule has 31 heavy (non-hydrogen) atoms. The fraction of sp³-hybridized carbons (Fsp3) is 0.348. The van der Waals surface area contributed by atoms with E-state index in [9.17, 15) is 21.6 Å². The molecule has 0 spiro atoms. The molecule has 0 fully saturated rings. The summed E-state index contributed by atoms with van der Waals surface area (Å²) in [6.07, 6.45) is 2.18. The number of fused-ring (bicyclic) bond motifs is 1. The van der Waals surface area contributed by atoms with Gasteiger partial charge in [-0.1, -0.05) is 43.7 Å². The normalized spacial score (nSPS) is 12.4. The Hall–Kier alpha value is -2.45. The van der Waals surface area contributed by atoms with Gasteiger partial charge in [-0.05, 0) is 44.4 Å². The molecule has 6 nitrogen and oxygen atoms in total.